The van der Waals surface area contributed by atoms with Gasteiger partial charge in [-0.25, -0.2) is 0 Å². The Morgan fingerprint density at radius 3 is 2.75 bits per heavy atom. The Balaban J connectivity index is 3.11. The minimum Gasteiger partial charge on any atom is -0.497 e. The van der Waals surface area contributed by atoms with Crippen LogP contribution in [0.4, 0.5) is 0 Å². The van der Waals surface area contributed by atoms with Crippen molar-refractivity contribution in [2.45, 2.75) is 13.0 Å². The summed E-state index contributed by atoms with van der Waals surface area (Å²) in [4.78, 5) is 10.8. The number of benzene rings is 1. The molecular weight excluding hydrogens is 210 g/mol. The lowest BCUT2D eigenvalue weighted by atomic mass is 10.1. The Morgan fingerprint density at radius 2 is 2.25 bits per heavy atom. The summed E-state index contributed by atoms with van der Waals surface area (Å²) in [5, 5.41) is 8.84. The first-order valence-corrected chi connectivity index (χ1v) is 4.89. The molecule has 0 fully saturated rings. The van der Waals surface area contributed by atoms with Gasteiger partial charge < -0.3 is 20.3 Å². The Bertz CT molecular complexity index is 378. The second kappa shape index (κ2) is 5.37. The molecule has 3 N–H and O–H groups in total. The lowest BCUT2D eigenvalue weighted by Crippen LogP contribution is -2.21. The van der Waals surface area contributed by atoms with Crippen LogP contribution < -0.4 is 15.2 Å². The number of rotatable bonds is 5. The highest BCUT2D eigenvalue weighted by atomic mass is 16.5. The maximum atomic E-state index is 10.8. The van der Waals surface area contributed by atoms with Crippen LogP contribution >= 0.6 is 0 Å². The average molecular weight is 225 g/mol. The molecule has 0 bridgehead atoms. The summed E-state index contributed by atoms with van der Waals surface area (Å²) in [6.07, 6.45) is 0. The van der Waals surface area contributed by atoms with E-state index < -0.39 is 12.0 Å². The van der Waals surface area contributed by atoms with E-state index in [2.05, 4.69) is 0 Å². The molecular formula is C11H15NO4. The number of methoxy groups -OCH3 is 1. The fraction of sp³-hybridized carbons (Fsp3) is 0.364. The predicted octanol–water partition coefficient (Wildman–Crippen LogP) is 1.18. The van der Waals surface area contributed by atoms with Gasteiger partial charge in [-0.05, 0) is 19.1 Å². The lowest BCUT2D eigenvalue weighted by Gasteiger charge is -2.14. The molecule has 1 unspecified atom stereocenters. The summed E-state index contributed by atoms with van der Waals surface area (Å²) >= 11 is 0. The number of carboxylic acids is 1. The smallest absolute Gasteiger partial charge is 0.325 e. The highest BCUT2D eigenvalue weighted by Gasteiger charge is 2.19. The van der Waals surface area contributed by atoms with Crippen LogP contribution in [0.2, 0.25) is 0 Å². The average Bonchev–Trinajstić information content (AvgIpc) is 2.28. The van der Waals surface area contributed by atoms with E-state index in [1.807, 2.05) is 6.92 Å². The third-order valence-corrected chi connectivity index (χ3v) is 2.12. The molecule has 0 amide bonds. The van der Waals surface area contributed by atoms with Crippen LogP contribution in [0.15, 0.2) is 18.2 Å². The zero-order valence-electron chi connectivity index (χ0n) is 9.27. The number of nitrogens with two attached hydrogens (primary N) is 1. The molecule has 0 saturated carbocycles. The quantitative estimate of drug-likeness (QED) is 0.786. The fourth-order valence-electron chi connectivity index (χ4n) is 1.31. The third kappa shape index (κ3) is 2.64. The van der Waals surface area contributed by atoms with E-state index in [1.54, 1.807) is 18.2 Å². The van der Waals surface area contributed by atoms with Crippen LogP contribution in [0.1, 0.15) is 18.5 Å². The molecule has 0 spiro atoms. The number of hydrogen-bond acceptors (Lipinski definition) is 4. The van der Waals surface area contributed by atoms with Gasteiger partial charge in [0.2, 0.25) is 0 Å². The van der Waals surface area contributed by atoms with Crippen LogP contribution in [0.25, 0.3) is 0 Å². The van der Waals surface area contributed by atoms with Crippen LogP contribution in [0, 0.1) is 0 Å². The van der Waals surface area contributed by atoms with Crippen molar-refractivity contribution in [3.8, 4) is 11.5 Å². The van der Waals surface area contributed by atoms with Crippen molar-refractivity contribution in [2.75, 3.05) is 13.7 Å². The number of carbonyl (C=O) groups is 1. The van der Waals surface area contributed by atoms with Gasteiger partial charge in [0.05, 0.1) is 13.7 Å². The summed E-state index contributed by atoms with van der Waals surface area (Å²) in [5.74, 6) is -0.0485. The second-order valence-electron chi connectivity index (χ2n) is 3.15. The van der Waals surface area contributed by atoms with E-state index in [0.717, 1.165) is 0 Å². The molecule has 16 heavy (non-hydrogen) atoms. The standard InChI is InChI=1S/C11H15NO4/c1-3-16-9-6-7(15-2)4-5-8(9)10(12)11(13)14/h4-6,10H,3,12H2,1-2H3,(H,13,14). The summed E-state index contributed by atoms with van der Waals surface area (Å²) in [6, 6.07) is 3.79. The molecule has 1 atom stereocenters. The Kier molecular flexibility index (Phi) is 4.13. The van der Waals surface area contributed by atoms with Crippen LogP contribution in [-0.4, -0.2) is 24.8 Å². The highest BCUT2D eigenvalue weighted by Crippen LogP contribution is 2.28. The van der Waals surface area contributed by atoms with Crippen LogP contribution in [-0.2, 0) is 4.79 Å². The summed E-state index contributed by atoms with van der Waals surface area (Å²) in [5.41, 5.74) is 5.98. The molecule has 0 radical (unpaired) electrons. The third-order valence-electron chi connectivity index (χ3n) is 2.12. The number of ether oxygens (including phenoxy) is 2. The topological polar surface area (TPSA) is 81.8 Å². The molecule has 5 nitrogen and oxygen atoms in total. The van der Waals surface area contributed by atoms with Gasteiger partial charge in [-0.15, -0.1) is 0 Å². The van der Waals surface area contributed by atoms with E-state index in [1.165, 1.54) is 7.11 Å². The molecule has 0 heterocycles. The van der Waals surface area contributed by atoms with Crippen molar-refractivity contribution in [3.63, 3.8) is 0 Å². The lowest BCUT2D eigenvalue weighted by molar-refractivity contribution is -0.138. The van der Waals surface area contributed by atoms with Crippen molar-refractivity contribution in [1.82, 2.24) is 0 Å². The molecule has 88 valence electrons. The molecule has 1 aromatic rings. The Labute approximate surface area is 93.8 Å². The zero-order valence-corrected chi connectivity index (χ0v) is 9.27. The van der Waals surface area contributed by atoms with E-state index in [4.69, 9.17) is 20.3 Å². The molecule has 0 aliphatic heterocycles. The van der Waals surface area contributed by atoms with Crippen molar-refractivity contribution in [1.29, 1.82) is 0 Å². The first-order valence-electron chi connectivity index (χ1n) is 4.89. The molecule has 0 aliphatic rings. The van der Waals surface area contributed by atoms with Crippen molar-refractivity contribution < 1.29 is 19.4 Å². The molecule has 0 aliphatic carbocycles. The van der Waals surface area contributed by atoms with Gasteiger partial charge in [0.25, 0.3) is 0 Å². The maximum absolute atomic E-state index is 10.8. The van der Waals surface area contributed by atoms with Crippen molar-refractivity contribution >= 4 is 5.97 Å². The first kappa shape index (κ1) is 12.3. The predicted molar refractivity (Wildman–Crippen MR) is 58.7 cm³/mol. The second-order valence-corrected chi connectivity index (χ2v) is 3.15. The maximum Gasteiger partial charge on any atom is 0.325 e. The summed E-state index contributed by atoms with van der Waals surface area (Å²) < 4.78 is 10.4. The normalized spacial score (nSPS) is 11.9. The molecule has 5 heteroatoms. The highest BCUT2D eigenvalue weighted by molar-refractivity contribution is 5.76. The van der Waals surface area contributed by atoms with Crippen LogP contribution in [0.3, 0.4) is 0 Å². The van der Waals surface area contributed by atoms with E-state index in [0.29, 0.717) is 23.7 Å². The zero-order chi connectivity index (χ0) is 12.1. The van der Waals surface area contributed by atoms with Gasteiger partial charge in [0.15, 0.2) is 0 Å². The molecule has 0 saturated heterocycles. The van der Waals surface area contributed by atoms with E-state index in [9.17, 15) is 4.79 Å². The molecule has 0 aromatic heterocycles. The summed E-state index contributed by atoms with van der Waals surface area (Å²) in [7, 11) is 1.53. The van der Waals surface area contributed by atoms with Gasteiger partial charge in [-0.3, -0.25) is 4.79 Å². The van der Waals surface area contributed by atoms with E-state index >= 15 is 0 Å². The monoisotopic (exact) mass is 225 g/mol. The van der Waals surface area contributed by atoms with Gasteiger partial charge in [0.1, 0.15) is 17.5 Å². The number of carboxylic acid groups (broad SMARTS) is 1. The van der Waals surface area contributed by atoms with Gasteiger partial charge in [-0.2, -0.15) is 0 Å². The first-order chi connectivity index (χ1) is 7.60. The Hall–Kier alpha value is -1.75. The SMILES string of the molecule is CCOc1cc(OC)ccc1C(N)C(=O)O. The number of hydrogen-bond donors (Lipinski definition) is 2. The van der Waals surface area contributed by atoms with E-state index in [-0.39, 0.29) is 0 Å². The minimum absolute atomic E-state index is 0.437. The number of aliphatic carboxylic acids is 1. The van der Waals surface area contributed by atoms with Gasteiger partial charge >= 0.3 is 5.97 Å². The molecule has 1 rings (SSSR count). The van der Waals surface area contributed by atoms with Crippen molar-refractivity contribution in [2.24, 2.45) is 5.73 Å². The largest absolute Gasteiger partial charge is 0.497 e. The van der Waals surface area contributed by atoms with Crippen LogP contribution in [0.5, 0.6) is 11.5 Å². The summed E-state index contributed by atoms with van der Waals surface area (Å²) in [6.45, 7) is 2.25. The minimum atomic E-state index is -1.09. The van der Waals surface area contributed by atoms with Crippen molar-refractivity contribution in [3.05, 3.63) is 23.8 Å². The van der Waals surface area contributed by atoms with Gasteiger partial charge in [0, 0.05) is 11.6 Å². The van der Waals surface area contributed by atoms with Gasteiger partial charge in [-0.1, -0.05) is 0 Å². The Morgan fingerprint density at radius 1 is 1.56 bits per heavy atom. The molecule has 1 aromatic carbocycles. The fourth-order valence-corrected chi connectivity index (χ4v) is 1.31.